The first-order valence-electron chi connectivity index (χ1n) is 11.3. The molecule has 1 heterocycles. The van der Waals surface area contributed by atoms with Crippen LogP contribution in [0.15, 0.2) is 54.6 Å². The molecule has 0 radical (unpaired) electrons. The number of carbonyl (C=O) groups excluding carboxylic acids is 2. The molecule has 0 aliphatic carbocycles. The van der Waals surface area contributed by atoms with Crippen molar-refractivity contribution in [3.8, 4) is 0 Å². The lowest BCUT2D eigenvalue weighted by molar-refractivity contribution is -0.130. The van der Waals surface area contributed by atoms with Crippen LogP contribution in [-0.2, 0) is 16.0 Å². The first kappa shape index (κ1) is 24.7. The Morgan fingerprint density at radius 2 is 1.76 bits per heavy atom. The summed E-state index contributed by atoms with van der Waals surface area (Å²) in [6, 6.07) is 13.9. The van der Waals surface area contributed by atoms with Gasteiger partial charge in [-0.3, -0.25) is 9.59 Å². The molecule has 9 heteroatoms. The molecule has 2 amide bonds. The maximum Gasteiger partial charge on any atom is 0.475 e. The normalized spacial score (nSPS) is 17.2. The Hall–Kier alpha value is -2.91. The third-order valence-electron chi connectivity index (χ3n) is 5.81. The van der Waals surface area contributed by atoms with Gasteiger partial charge >= 0.3 is 7.12 Å². The van der Waals surface area contributed by atoms with Crippen molar-refractivity contribution in [3.05, 3.63) is 66.0 Å². The molecule has 2 aromatic carbocycles. The predicted molar refractivity (Wildman–Crippen MR) is 126 cm³/mol. The van der Waals surface area contributed by atoms with Gasteiger partial charge in [0, 0.05) is 18.7 Å². The summed E-state index contributed by atoms with van der Waals surface area (Å²) in [5.41, 5.74) is 1.61. The van der Waals surface area contributed by atoms with E-state index in [1.807, 2.05) is 49.1 Å². The van der Waals surface area contributed by atoms with Crippen LogP contribution in [0.25, 0.3) is 0 Å². The molecule has 7 nitrogen and oxygen atoms in total. The number of amides is 2. The van der Waals surface area contributed by atoms with Gasteiger partial charge in [-0.2, -0.15) is 0 Å². The van der Waals surface area contributed by atoms with Crippen LogP contribution in [0.2, 0.25) is 0 Å². The Balaban J connectivity index is 1.72. The number of anilines is 1. The van der Waals surface area contributed by atoms with Gasteiger partial charge in [0.15, 0.2) is 0 Å². The molecule has 1 aliphatic heterocycles. The van der Waals surface area contributed by atoms with Gasteiger partial charge in [0.2, 0.25) is 11.8 Å². The first-order chi connectivity index (χ1) is 15.7. The predicted octanol–water partition coefficient (Wildman–Crippen LogP) is 1.67. The summed E-state index contributed by atoms with van der Waals surface area (Å²) in [6.45, 7) is 4.50. The fourth-order valence-corrected chi connectivity index (χ4v) is 3.97. The van der Waals surface area contributed by atoms with E-state index >= 15 is 0 Å². The van der Waals surface area contributed by atoms with E-state index in [4.69, 9.17) is 0 Å². The lowest BCUT2D eigenvalue weighted by Gasteiger charge is -2.42. The molecule has 176 valence electrons. The van der Waals surface area contributed by atoms with Crippen LogP contribution in [0.3, 0.4) is 0 Å². The number of benzene rings is 2. The standard InChI is InChI=1S/C24H31BFN3O4/c1-16(2)14-22(25(32)33)28-23(30)20(15-17-6-4-3-5-7-17)27-24(31)21-12-13-29(21)19-10-8-18(26)9-11-19/h3-11,16,20-22,32-33H,12-15H2,1-2H3,(H,27,31)(H,28,30)/t20-,21-,22-/m0/s1. The van der Waals surface area contributed by atoms with Gasteiger partial charge in [-0.15, -0.1) is 0 Å². The molecular formula is C24H31BFN3O4. The average molecular weight is 455 g/mol. The fourth-order valence-electron chi connectivity index (χ4n) is 3.97. The summed E-state index contributed by atoms with van der Waals surface area (Å²) in [7, 11) is -1.70. The van der Waals surface area contributed by atoms with Crippen molar-refractivity contribution in [1.82, 2.24) is 10.6 Å². The van der Waals surface area contributed by atoms with Crippen molar-refractivity contribution in [2.24, 2.45) is 5.92 Å². The topological polar surface area (TPSA) is 102 Å². The van der Waals surface area contributed by atoms with E-state index in [0.717, 1.165) is 11.3 Å². The van der Waals surface area contributed by atoms with Gasteiger partial charge in [-0.1, -0.05) is 44.2 Å². The highest BCUT2D eigenvalue weighted by molar-refractivity contribution is 6.43. The number of nitrogens with one attached hydrogen (secondary N) is 2. The van der Waals surface area contributed by atoms with Crippen LogP contribution in [0.1, 0.15) is 32.3 Å². The van der Waals surface area contributed by atoms with E-state index in [0.29, 0.717) is 19.4 Å². The van der Waals surface area contributed by atoms with Crippen LogP contribution in [-0.4, -0.2) is 53.6 Å². The van der Waals surface area contributed by atoms with E-state index in [-0.39, 0.29) is 24.1 Å². The Morgan fingerprint density at radius 3 is 2.30 bits per heavy atom. The largest absolute Gasteiger partial charge is 0.475 e. The zero-order chi connectivity index (χ0) is 24.0. The molecule has 33 heavy (non-hydrogen) atoms. The third-order valence-corrected chi connectivity index (χ3v) is 5.81. The van der Waals surface area contributed by atoms with Crippen LogP contribution in [0.5, 0.6) is 0 Å². The summed E-state index contributed by atoms with van der Waals surface area (Å²) in [4.78, 5) is 28.0. The molecule has 0 bridgehead atoms. The van der Waals surface area contributed by atoms with Crippen molar-refractivity contribution in [1.29, 1.82) is 0 Å². The molecule has 1 saturated heterocycles. The quantitative estimate of drug-likeness (QED) is 0.409. The molecule has 0 saturated carbocycles. The summed E-state index contributed by atoms with van der Waals surface area (Å²) < 4.78 is 13.3. The molecule has 3 atom stereocenters. The zero-order valence-electron chi connectivity index (χ0n) is 18.9. The summed E-state index contributed by atoms with van der Waals surface area (Å²) in [6.07, 6.45) is 1.27. The van der Waals surface area contributed by atoms with Gasteiger partial charge in [-0.05, 0) is 48.6 Å². The van der Waals surface area contributed by atoms with Gasteiger partial charge in [-0.25, -0.2) is 4.39 Å². The third kappa shape index (κ3) is 6.79. The van der Waals surface area contributed by atoms with Crippen LogP contribution >= 0.6 is 0 Å². The lowest BCUT2D eigenvalue weighted by Crippen LogP contribution is -2.61. The molecule has 3 rings (SSSR count). The summed E-state index contributed by atoms with van der Waals surface area (Å²) in [5, 5.41) is 24.9. The number of rotatable bonds is 10. The van der Waals surface area contributed by atoms with Crippen molar-refractivity contribution < 1.29 is 24.0 Å². The number of hydrogen-bond donors (Lipinski definition) is 4. The van der Waals surface area contributed by atoms with Crippen molar-refractivity contribution >= 4 is 24.6 Å². The Labute approximate surface area is 194 Å². The van der Waals surface area contributed by atoms with Crippen molar-refractivity contribution in [2.45, 2.75) is 51.1 Å². The minimum absolute atomic E-state index is 0.138. The van der Waals surface area contributed by atoms with Crippen LogP contribution < -0.4 is 15.5 Å². The number of hydrogen-bond acceptors (Lipinski definition) is 5. The molecular weight excluding hydrogens is 424 g/mol. The minimum atomic E-state index is -1.70. The Kier molecular flexibility index (Phi) is 8.46. The van der Waals surface area contributed by atoms with Crippen LogP contribution in [0, 0.1) is 11.7 Å². The van der Waals surface area contributed by atoms with E-state index in [1.54, 1.807) is 12.1 Å². The molecule has 1 aliphatic rings. The fraction of sp³-hybridized carbons (Fsp3) is 0.417. The van der Waals surface area contributed by atoms with E-state index in [2.05, 4.69) is 10.6 Å². The Morgan fingerprint density at radius 1 is 1.09 bits per heavy atom. The smallest absolute Gasteiger partial charge is 0.426 e. The van der Waals surface area contributed by atoms with Crippen molar-refractivity contribution in [2.75, 3.05) is 11.4 Å². The second-order valence-corrected chi connectivity index (χ2v) is 8.88. The second-order valence-electron chi connectivity index (χ2n) is 8.88. The second kappa shape index (κ2) is 11.3. The average Bonchev–Trinajstić information content (AvgIpc) is 2.74. The van der Waals surface area contributed by atoms with Gasteiger partial charge < -0.3 is 25.6 Å². The zero-order valence-corrected chi connectivity index (χ0v) is 18.9. The highest BCUT2D eigenvalue weighted by Gasteiger charge is 2.37. The molecule has 0 spiro atoms. The van der Waals surface area contributed by atoms with E-state index in [1.165, 1.54) is 12.1 Å². The number of nitrogens with zero attached hydrogens (tertiary/aromatic N) is 1. The molecule has 1 fully saturated rings. The Bertz CT molecular complexity index is 927. The minimum Gasteiger partial charge on any atom is -0.426 e. The maximum atomic E-state index is 13.3. The van der Waals surface area contributed by atoms with Gasteiger partial charge in [0.05, 0.1) is 5.94 Å². The number of halogens is 1. The summed E-state index contributed by atoms with van der Waals surface area (Å²) >= 11 is 0. The van der Waals surface area contributed by atoms with Gasteiger partial charge in [0.1, 0.15) is 17.9 Å². The molecule has 0 unspecified atom stereocenters. The monoisotopic (exact) mass is 455 g/mol. The molecule has 2 aromatic rings. The van der Waals surface area contributed by atoms with E-state index < -0.39 is 31.1 Å². The number of carbonyl (C=O) groups is 2. The maximum absolute atomic E-state index is 13.3. The molecule has 0 aromatic heterocycles. The van der Waals surface area contributed by atoms with Crippen LogP contribution in [0.4, 0.5) is 10.1 Å². The summed E-state index contributed by atoms with van der Waals surface area (Å²) in [5.74, 6) is -1.82. The van der Waals surface area contributed by atoms with Gasteiger partial charge in [0.25, 0.3) is 0 Å². The highest BCUT2D eigenvalue weighted by Crippen LogP contribution is 2.27. The van der Waals surface area contributed by atoms with Crippen molar-refractivity contribution in [3.63, 3.8) is 0 Å². The lowest BCUT2D eigenvalue weighted by atomic mass is 9.75. The highest BCUT2D eigenvalue weighted by atomic mass is 19.1. The SMILES string of the molecule is CC(C)C[C@H](NC(=O)[C@H](Cc1ccccc1)NC(=O)[C@@H]1CCN1c1ccc(F)cc1)B(O)O. The van der Waals surface area contributed by atoms with E-state index in [9.17, 15) is 24.0 Å². The molecule has 4 N–H and O–H groups in total. The first-order valence-corrected chi connectivity index (χ1v) is 11.3.